The van der Waals surface area contributed by atoms with E-state index in [1.165, 1.54) is 30.6 Å². The van der Waals surface area contributed by atoms with Crippen molar-refractivity contribution in [2.24, 2.45) is 0 Å². The van der Waals surface area contributed by atoms with Gasteiger partial charge in [-0.15, -0.1) is 0 Å². The van der Waals surface area contributed by atoms with Crippen LogP contribution in [-0.2, 0) is 0 Å². The molecule has 4 nitrogen and oxygen atoms in total. The molecule has 3 rings (SSSR count). The molecular weight excluding hydrogens is 374 g/mol. The summed E-state index contributed by atoms with van der Waals surface area (Å²) in [7, 11) is 0. The zero-order valence-corrected chi connectivity index (χ0v) is 13.9. The van der Waals surface area contributed by atoms with Gasteiger partial charge in [0, 0.05) is 36.4 Å². The Labute approximate surface area is 149 Å². The number of halogens is 4. The number of fused-ring (bicyclic) bond motifs is 1. The topological polar surface area (TPSA) is 56.3 Å². The van der Waals surface area contributed by atoms with Crippen molar-refractivity contribution in [3.05, 3.63) is 53.9 Å². The van der Waals surface area contributed by atoms with Crippen LogP contribution in [0.1, 0.15) is 33.6 Å². The van der Waals surface area contributed by atoms with Gasteiger partial charge in [0.15, 0.2) is 11.6 Å². The molecule has 9 heteroatoms. The van der Waals surface area contributed by atoms with E-state index in [2.05, 4.69) is 9.72 Å². The highest BCUT2D eigenvalue weighted by molar-refractivity contribution is 8.00. The monoisotopic (exact) mass is 385 g/mol. The van der Waals surface area contributed by atoms with Crippen LogP contribution in [0.4, 0.5) is 17.6 Å². The van der Waals surface area contributed by atoms with E-state index in [1.54, 1.807) is 0 Å². The maximum absolute atomic E-state index is 13.3. The van der Waals surface area contributed by atoms with Gasteiger partial charge in [0.05, 0.1) is 4.90 Å². The van der Waals surface area contributed by atoms with Crippen molar-refractivity contribution in [3.8, 4) is 5.75 Å². The van der Waals surface area contributed by atoms with Gasteiger partial charge in [-0.05, 0) is 36.0 Å². The molecule has 1 aromatic heterocycles. The van der Waals surface area contributed by atoms with Crippen molar-refractivity contribution in [3.63, 3.8) is 0 Å². The van der Waals surface area contributed by atoms with Crippen LogP contribution in [0.3, 0.4) is 0 Å². The lowest BCUT2D eigenvalue weighted by Gasteiger charge is -2.31. The first kappa shape index (κ1) is 18.4. The molecule has 1 aliphatic rings. The maximum Gasteiger partial charge on any atom is 0.475 e. The number of nitrogens with zero attached hydrogens (tertiary/aromatic N) is 1. The molecule has 2 heterocycles. The van der Waals surface area contributed by atoms with E-state index in [0.29, 0.717) is 5.56 Å². The van der Waals surface area contributed by atoms with Gasteiger partial charge in [-0.25, -0.2) is 0 Å². The van der Waals surface area contributed by atoms with Crippen molar-refractivity contribution < 1.29 is 31.9 Å². The van der Waals surface area contributed by atoms with Crippen LogP contribution in [0.2, 0.25) is 0 Å². The number of carbonyl (C=O) groups is 2. The first-order valence-electron chi connectivity index (χ1n) is 7.44. The van der Waals surface area contributed by atoms with E-state index >= 15 is 0 Å². The van der Waals surface area contributed by atoms with Gasteiger partial charge in [-0.2, -0.15) is 17.6 Å². The van der Waals surface area contributed by atoms with E-state index in [0.717, 1.165) is 12.1 Å². The fourth-order valence-corrected chi connectivity index (χ4v) is 3.07. The third-order valence-electron chi connectivity index (χ3n) is 3.66. The van der Waals surface area contributed by atoms with Crippen molar-refractivity contribution in [2.75, 3.05) is 0 Å². The molecular formula is C17H11F4NO3S. The third kappa shape index (κ3) is 3.57. The van der Waals surface area contributed by atoms with Gasteiger partial charge in [0.1, 0.15) is 5.75 Å². The lowest BCUT2D eigenvalue weighted by Crippen LogP contribution is -2.45. The summed E-state index contributed by atoms with van der Waals surface area (Å²) in [6.07, 6.45) is -2.01. The normalized spacial score (nSPS) is 17.1. The Morgan fingerprint density at radius 3 is 2.23 bits per heavy atom. The van der Waals surface area contributed by atoms with Crippen molar-refractivity contribution >= 4 is 23.3 Å². The predicted molar refractivity (Wildman–Crippen MR) is 85.0 cm³/mol. The van der Waals surface area contributed by atoms with Crippen molar-refractivity contribution in [1.29, 1.82) is 0 Å². The second kappa shape index (κ2) is 6.71. The highest BCUT2D eigenvalue weighted by atomic mass is 32.2. The van der Waals surface area contributed by atoms with Gasteiger partial charge in [0.2, 0.25) is 0 Å². The summed E-state index contributed by atoms with van der Waals surface area (Å²) >= 11 is -0.323. The van der Waals surface area contributed by atoms with E-state index in [1.807, 2.05) is 0 Å². The number of alkyl halides is 4. The standard InChI is InChI=1S/C17H11F4NO3S/c18-16(19)17(20,21)26-15-4-1-11(9-14(15)25-16)13(24)3-2-12(23)10-5-7-22-8-6-10/h1,4-9H,2-3H2. The highest BCUT2D eigenvalue weighted by Crippen LogP contribution is 2.54. The quantitative estimate of drug-likeness (QED) is 0.556. The molecule has 136 valence electrons. The average molecular weight is 385 g/mol. The first-order valence-corrected chi connectivity index (χ1v) is 8.25. The summed E-state index contributed by atoms with van der Waals surface area (Å²) in [5.74, 6) is -1.24. The molecule has 0 saturated heterocycles. The summed E-state index contributed by atoms with van der Waals surface area (Å²) in [6.45, 7) is 0. The number of hydrogen-bond donors (Lipinski definition) is 0. The number of ether oxygens (including phenoxy) is 1. The van der Waals surface area contributed by atoms with Crippen LogP contribution in [0.5, 0.6) is 5.75 Å². The zero-order valence-electron chi connectivity index (χ0n) is 13.0. The molecule has 0 unspecified atom stereocenters. The van der Waals surface area contributed by atoms with E-state index in [4.69, 9.17) is 0 Å². The number of thioether (sulfide) groups is 1. The average Bonchev–Trinajstić information content (AvgIpc) is 2.60. The zero-order chi connectivity index (χ0) is 18.9. The van der Waals surface area contributed by atoms with Crippen molar-refractivity contribution in [2.45, 2.75) is 29.1 Å². The Bertz CT molecular complexity index is 858. The molecule has 2 aromatic rings. The number of aromatic nitrogens is 1. The number of Topliss-reactive ketones (excluding diaryl/α,β-unsaturated/α-hetero) is 2. The molecule has 0 spiro atoms. The van der Waals surface area contributed by atoms with Crippen LogP contribution in [0.15, 0.2) is 47.6 Å². The molecule has 0 radical (unpaired) electrons. The molecule has 0 N–H and O–H groups in total. The molecule has 0 fully saturated rings. The lowest BCUT2D eigenvalue weighted by atomic mass is 10.0. The molecule has 1 aromatic carbocycles. The van der Waals surface area contributed by atoms with Crippen LogP contribution in [0, 0.1) is 0 Å². The maximum atomic E-state index is 13.3. The van der Waals surface area contributed by atoms with Gasteiger partial charge in [-0.1, -0.05) is 6.07 Å². The number of benzene rings is 1. The van der Waals surface area contributed by atoms with Crippen LogP contribution in [0.25, 0.3) is 0 Å². The van der Waals surface area contributed by atoms with Gasteiger partial charge in [0.25, 0.3) is 0 Å². The van der Waals surface area contributed by atoms with Crippen molar-refractivity contribution in [1.82, 2.24) is 4.98 Å². The molecule has 0 aliphatic carbocycles. The Kier molecular flexibility index (Phi) is 4.74. The van der Waals surface area contributed by atoms with Crippen LogP contribution < -0.4 is 4.74 Å². The SMILES string of the molecule is O=C(CCC(=O)c1ccc2c(c1)OC(F)(F)C(F)(F)S2)c1ccncc1. The van der Waals surface area contributed by atoms with E-state index in [-0.39, 0.29) is 40.8 Å². The Morgan fingerprint density at radius 1 is 0.962 bits per heavy atom. The van der Waals surface area contributed by atoms with Crippen LogP contribution >= 0.6 is 11.8 Å². The number of carbonyl (C=O) groups excluding carboxylic acids is 2. The van der Waals surface area contributed by atoms with E-state index in [9.17, 15) is 27.2 Å². The second-order valence-corrected chi connectivity index (χ2v) is 6.64. The molecule has 0 amide bonds. The summed E-state index contributed by atoms with van der Waals surface area (Å²) in [5, 5.41) is -4.40. The van der Waals surface area contributed by atoms with Gasteiger partial charge >= 0.3 is 11.4 Å². The highest BCUT2D eigenvalue weighted by Gasteiger charge is 2.63. The Morgan fingerprint density at radius 2 is 1.58 bits per heavy atom. The van der Waals surface area contributed by atoms with Gasteiger partial charge in [-0.3, -0.25) is 14.6 Å². The third-order valence-corrected chi connectivity index (χ3v) is 4.71. The minimum atomic E-state index is -4.68. The molecule has 0 saturated carbocycles. The van der Waals surface area contributed by atoms with E-state index < -0.39 is 22.9 Å². The minimum absolute atomic E-state index is 0.00731. The summed E-state index contributed by atoms with van der Waals surface area (Å²) in [4.78, 5) is 27.8. The first-order chi connectivity index (χ1) is 12.2. The number of pyridine rings is 1. The lowest BCUT2D eigenvalue weighted by molar-refractivity contribution is -0.273. The number of ketones is 2. The minimum Gasteiger partial charge on any atom is -0.426 e. The molecule has 0 atom stereocenters. The Balaban J connectivity index is 1.71. The summed E-state index contributed by atoms with van der Waals surface area (Å²) in [5.41, 5.74) is 0.410. The molecule has 1 aliphatic heterocycles. The van der Waals surface area contributed by atoms with Crippen LogP contribution in [-0.4, -0.2) is 27.9 Å². The second-order valence-electron chi connectivity index (χ2n) is 5.48. The Hall–Kier alpha value is -2.42. The number of rotatable bonds is 5. The molecule has 0 bridgehead atoms. The van der Waals surface area contributed by atoms with Gasteiger partial charge < -0.3 is 4.74 Å². The smallest absolute Gasteiger partial charge is 0.426 e. The summed E-state index contributed by atoms with van der Waals surface area (Å²) in [6, 6.07) is 6.39. The fraction of sp³-hybridized carbons (Fsp3) is 0.235. The molecule has 26 heavy (non-hydrogen) atoms. The number of hydrogen-bond acceptors (Lipinski definition) is 5. The predicted octanol–water partition coefficient (Wildman–Crippen LogP) is 4.60. The summed E-state index contributed by atoms with van der Waals surface area (Å²) < 4.78 is 57.2. The fourth-order valence-electron chi connectivity index (χ4n) is 2.29. The largest absolute Gasteiger partial charge is 0.475 e.